The molecule has 1 aromatic carbocycles. The van der Waals surface area contributed by atoms with Crippen LogP contribution in [-0.4, -0.2) is 27.7 Å². The summed E-state index contributed by atoms with van der Waals surface area (Å²) in [6, 6.07) is 5.19. The first-order valence-corrected chi connectivity index (χ1v) is 6.06. The maximum Gasteiger partial charge on any atom is 0.332 e. The van der Waals surface area contributed by atoms with Crippen LogP contribution < -0.4 is 15.9 Å². The molecule has 0 bridgehead atoms. The highest BCUT2D eigenvalue weighted by Gasteiger charge is 2.09. The number of urea groups is 1. The standard InChI is InChI=1S/C9H12N4O3S/c1-11-17(15,16)8-4-2-7(3-5-8)6-12-13-9(10)14/h2-6,11H,1H3,(H3,10,13,14). The van der Waals surface area contributed by atoms with Gasteiger partial charge in [0.1, 0.15) is 0 Å². The Kier molecular flexibility index (Phi) is 4.18. The van der Waals surface area contributed by atoms with Crippen molar-refractivity contribution in [1.82, 2.24) is 10.1 Å². The molecule has 4 N–H and O–H groups in total. The Morgan fingerprint density at radius 2 is 1.94 bits per heavy atom. The number of hydrazone groups is 1. The molecule has 0 aromatic heterocycles. The molecule has 1 rings (SSSR count). The second-order valence-electron chi connectivity index (χ2n) is 3.01. The van der Waals surface area contributed by atoms with Gasteiger partial charge in [-0.15, -0.1) is 0 Å². The number of nitrogens with two attached hydrogens (primary N) is 1. The molecule has 92 valence electrons. The number of amides is 2. The molecule has 0 heterocycles. The van der Waals surface area contributed by atoms with E-state index in [9.17, 15) is 13.2 Å². The van der Waals surface area contributed by atoms with Crippen LogP contribution in [0, 0.1) is 0 Å². The van der Waals surface area contributed by atoms with Crippen LogP contribution in [0.4, 0.5) is 4.79 Å². The molecule has 0 aliphatic heterocycles. The van der Waals surface area contributed by atoms with Crippen LogP contribution in [0.5, 0.6) is 0 Å². The normalized spacial score (nSPS) is 11.6. The Labute approximate surface area is 98.8 Å². The molecule has 0 saturated carbocycles. The van der Waals surface area contributed by atoms with Gasteiger partial charge in [0.2, 0.25) is 10.0 Å². The summed E-state index contributed by atoms with van der Waals surface area (Å²) in [5, 5.41) is 3.54. The van der Waals surface area contributed by atoms with Crippen molar-refractivity contribution in [2.24, 2.45) is 10.8 Å². The van der Waals surface area contributed by atoms with Gasteiger partial charge in [0.25, 0.3) is 0 Å². The van der Waals surface area contributed by atoms with Crippen molar-refractivity contribution in [3.8, 4) is 0 Å². The summed E-state index contributed by atoms with van der Waals surface area (Å²) < 4.78 is 25.0. The number of carbonyl (C=O) groups is 1. The summed E-state index contributed by atoms with van der Waals surface area (Å²) >= 11 is 0. The molecule has 7 nitrogen and oxygen atoms in total. The van der Waals surface area contributed by atoms with Crippen LogP contribution in [0.3, 0.4) is 0 Å². The average molecular weight is 256 g/mol. The number of carbonyl (C=O) groups excluding carboxylic acids is 1. The number of benzene rings is 1. The van der Waals surface area contributed by atoms with Crippen molar-refractivity contribution in [3.05, 3.63) is 29.8 Å². The molecular weight excluding hydrogens is 244 g/mol. The summed E-state index contributed by atoms with van der Waals surface area (Å²) in [7, 11) is -2.10. The van der Waals surface area contributed by atoms with Gasteiger partial charge in [0, 0.05) is 0 Å². The fourth-order valence-electron chi connectivity index (χ4n) is 1.02. The third kappa shape index (κ3) is 3.85. The molecule has 0 saturated heterocycles. The van der Waals surface area contributed by atoms with E-state index in [2.05, 4.69) is 9.82 Å². The molecule has 0 aliphatic carbocycles. The zero-order valence-corrected chi connectivity index (χ0v) is 9.86. The van der Waals surface area contributed by atoms with Crippen LogP contribution in [0.1, 0.15) is 5.56 Å². The third-order valence-electron chi connectivity index (χ3n) is 1.85. The predicted octanol–water partition coefficient (Wildman–Crippen LogP) is -0.403. The van der Waals surface area contributed by atoms with E-state index >= 15 is 0 Å². The van der Waals surface area contributed by atoms with Gasteiger partial charge in [-0.3, -0.25) is 0 Å². The molecule has 0 atom stereocenters. The average Bonchev–Trinajstić information content (AvgIpc) is 2.29. The molecule has 0 aliphatic rings. The van der Waals surface area contributed by atoms with E-state index < -0.39 is 16.1 Å². The van der Waals surface area contributed by atoms with Gasteiger partial charge in [0.15, 0.2) is 0 Å². The Morgan fingerprint density at radius 3 is 2.41 bits per heavy atom. The lowest BCUT2D eigenvalue weighted by Gasteiger charge is -2.01. The van der Waals surface area contributed by atoms with Crippen molar-refractivity contribution in [3.63, 3.8) is 0 Å². The molecule has 0 spiro atoms. The number of hydrogen-bond acceptors (Lipinski definition) is 4. The predicted molar refractivity (Wildman–Crippen MR) is 63.0 cm³/mol. The summed E-state index contributed by atoms with van der Waals surface area (Å²) in [5.41, 5.74) is 7.47. The minimum absolute atomic E-state index is 0.153. The van der Waals surface area contributed by atoms with E-state index in [0.29, 0.717) is 5.56 Å². The molecule has 2 amide bonds. The lowest BCUT2D eigenvalue weighted by Crippen LogP contribution is -2.24. The van der Waals surface area contributed by atoms with Crippen LogP contribution in [0.2, 0.25) is 0 Å². The molecule has 17 heavy (non-hydrogen) atoms. The molecule has 0 fully saturated rings. The topological polar surface area (TPSA) is 114 Å². The number of nitrogens with one attached hydrogen (secondary N) is 2. The van der Waals surface area contributed by atoms with E-state index in [-0.39, 0.29) is 4.90 Å². The zero-order valence-electron chi connectivity index (χ0n) is 9.04. The minimum atomic E-state index is -3.43. The van der Waals surface area contributed by atoms with E-state index in [1.165, 1.54) is 25.4 Å². The van der Waals surface area contributed by atoms with Crippen molar-refractivity contribution in [2.75, 3.05) is 7.05 Å². The smallest absolute Gasteiger partial charge is 0.332 e. The maximum atomic E-state index is 11.4. The highest BCUT2D eigenvalue weighted by atomic mass is 32.2. The molecule has 8 heteroatoms. The fraction of sp³-hybridized carbons (Fsp3) is 0.111. The number of rotatable bonds is 4. The number of sulfonamides is 1. The highest BCUT2D eigenvalue weighted by molar-refractivity contribution is 7.89. The summed E-state index contributed by atoms with van der Waals surface area (Å²) in [6.07, 6.45) is 1.35. The van der Waals surface area contributed by atoms with E-state index in [4.69, 9.17) is 5.73 Å². The number of primary amides is 1. The first-order valence-electron chi connectivity index (χ1n) is 4.58. The monoisotopic (exact) mass is 256 g/mol. The number of hydrogen-bond donors (Lipinski definition) is 3. The lowest BCUT2D eigenvalue weighted by atomic mass is 10.2. The molecule has 1 aromatic rings. The van der Waals surface area contributed by atoms with Gasteiger partial charge in [-0.1, -0.05) is 12.1 Å². The summed E-state index contributed by atoms with van der Waals surface area (Å²) in [5.74, 6) is 0. The van der Waals surface area contributed by atoms with Crippen molar-refractivity contribution in [2.45, 2.75) is 4.90 Å². The molecule has 0 unspecified atom stereocenters. The van der Waals surface area contributed by atoms with Crippen LogP contribution in [-0.2, 0) is 10.0 Å². The van der Waals surface area contributed by atoms with Crippen LogP contribution in [0.25, 0.3) is 0 Å². The van der Waals surface area contributed by atoms with Gasteiger partial charge in [0.05, 0.1) is 11.1 Å². The first-order chi connectivity index (χ1) is 7.95. The van der Waals surface area contributed by atoms with Gasteiger partial charge in [-0.25, -0.2) is 23.4 Å². The lowest BCUT2D eigenvalue weighted by molar-refractivity contribution is 0.249. The van der Waals surface area contributed by atoms with Crippen molar-refractivity contribution in [1.29, 1.82) is 0 Å². The van der Waals surface area contributed by atoms with Crippen molar-refractivity contribution < 1.29 is 13.2 Å². The summed E-state index contributed by atoms with van der Waals surface area (Å²) in [4.78, 5) is 10.5. The third-order valence-corrected chi connectivity index (χ3v) is 3.28. The Bertz CT molecular complexity index is 522. The minimum Gasteiger partial charge on any atom is -0.350 e. The van der Waals surface area contributed by atoms with E-state index in [1.54, 1.807) is 12.1 Å². The highest BCUT2D eigenvalue weighted by Crippen LogP contribution is 2.08. The first kappa shape index (κ1) is 13.1. The van der Waals surface area contributed by atoms with Gasteiger partial charge in [-0.2, -0.15) is 5.10 Å². The SMILES string of the molecule is CNS(=O)(=O)c1ccc(C=NNC(N)=O)cc1. The Hall–Kier alpha value is -1.93. The second-order valence-corrected chi connectivity index (χ2v) is 4.90. The fourth-order valence-corrected chi connectivity index (χ4v) is 1.75. The van der Waals surface area contributed by atoms with Gasteiger partial charge < -0.3 is 5.73 Å². The Morgan fingerprint density at radius 1 is 1.35 bits per heavy atom. The van der Waals surface area contributed by atoms with Crippen LogP contribution in [0.15, 0.2) is 34.3 Å². The van der Waals surface area contributed by atoms with Gasteiger partial charge >= 0.3 is 6.03 Å². The zero-order chi connectivity index (χ0) is 12.9. The number of nitrogens with zero attached hydrogens (tertiary/aromatic N) is 1. The van der Waals surface area contributed by atoms with Gasteiger partial charge in [-0.05, 0) is 24.7 Å². The molecule has 0 radical (unpaired) electrons. The largest absolute Gasteiger partial charge is 0.350 e. The van der Waals surface area contributed by atoms with Crippen molar-refractivity contribution >= 4 is 22.3 Å². The maximum absolute atomic E-state index is 11.4. The quantitative estimate of drug-likeness (QED) is 0.503. The molecular formula is C9H12N4O3S. The second kappa shape index (κ2) is 5.41. The van der Waals surface area contributed by atoms with Crippen LogP contribution >= 0.6 is 0 Å². The van der Waals surface area contributed by atoms with E-state index in [1.807, 2.05) is 5.43 Å². The summed E-state index contributed by atoms with van der Waals surface area (Å²) in [6.45, 7) is 0. The Balaban J connectivity index is 2.82. The van der Waals surface area contributed by atoms with E-state index in [0.717, 1.165) is 0 Å².